The molecule has 1 saturated heterocycles. The number of carbonyl (C=O) groups is 1. The third-order valence-electron chi connectivity index (χ3n) is 5.17. The number of para-hydroxylation sites is 2. The zero-order valence-electron chi connectivity index (χ0n) is 16.4. The number of anilines is 1. The minimum absolute atomic E-state index is 0.0286. The Balaban J connectivity index is 1.71. The smallest absolute Gasteiger partial charge is 0.227 e. The van der Waals surface area contributed by atoms with Crippen LogP contribution in [0.2, 0.25) is 5.02 Å². The van der Waals surface area contributed by atoms with Gasteiger partial charge in [-0.3, -0.25) is 4.79 Å². The molecule has 5 nitrogen and oxygen atoms in total. The second kappa shape index (κ2) is 7.47. The van der Waals surface area contributed by atoms with E-state index in [-0.39, 0.29) is 11.8 Å². The Labute approximate surface area is 169 Å². The summed E-state index contributed by atoms with van der Waals surface area (Å²) in [6.07, 6.45) is 0.426. The number of ether oxygens (including phenoxy) is 1. The van der Waals surface area contributed by atoms with Gasteiger partial charge in [-0.25, -0.2) is 4.98 Å². The van der Waals surface area contributed by atoms with Crippen LogP contribution in [0.5, 0.6) is 5.75 Å². The minimum atomic E-state index is 0.0286. The van der Waals surface area contributed by atoms with E-state index in [9.17, 15) is 4.79 Å². The van der Waals surface area contributed by atoms with Crippen LogP contribution in [0.15, 0.2) is 42.5 Å². The lowest BCUT2D eigenvalue weighted by Crippen LogP contribution is -2.25. The number of imidazole rings is 1. The van der Waals surface area contributed by atoms with Crippen molar-refractivity contribution < 1.29 is 9.53 Å². The first-order valence-electron chi connectivity index (χ1n) is 9.57. The molecule has 1 aromatic heterocycles. The Morgan fingerprint density at radius 1 is 1.25 bits per heavy atom. The molecular formula is C22H24ClN3O2. The number of aromatic nitrogens is 2. The quantitative estimate of drug-likeness (QED) is 0.616. The summed E-state index contributed by atoms with van der Waals surface area (Å²) in [4.78, 5) is 19.5. The summed E-state index contributed by atoms with van der Waals surface area (Å²) >= 11 is 6.39. The molecule has 0 spiro atoms. The van der Waals surface area contributed by atoms with Crippen LogP contribution in [0.3, 0.4) is 0 Å². The largest absolute Gasteiger partial charge is 0.497 e. The van der Waals surface area contributed by atoms with Gasteiger partial charge in [0.05, 0.1) is 28.9 Å². The van der Waals surface area contributed by atoms with Crippen molar-refractivity contribution in [3.63, 3.8) is 0 Å². The average molecular weight is 398 g/mol. The van der Waals surface area contributed by atoms with Gasteiger partial charge in [0.15, 0.2) is 0 Å². The zero-order valence-corrected chi connectivity index (χ0v) is 17.1. The van der Waals surface area contributed by atoms with Crippen LogP contribution in [0, 0.1) is 5.92 Å². The standard InChI is InChI=1S/C22H24ClN3O2/c1-14(2)12-26-19-7-5-4-6-18(19)24-22(26)15-10-21(27)25(13-15)20-11-16(28-3)8-9-17(20)23/h4-9,11,14-15H,10,12-13H2,1-3H3. The van der Waals surface area contributed by atoms with Gasteiger partial charge < -0.3 is 14.2 Å². The van der Waals surface area contributed by atoms with Gasteiger partial charge in [0.2, 0.25) is 5.91 Å². The van der Waals surface area contributed by atoms with Crippen molar-refractivity contribution >= 4 is 34.2 Å². The maximum absolute atomic E-state index is 12.8. The fraction of sp³-hybridized carbons (Fsp3) is 0.364. The Kier molecular flexibility index (Phi) is 5.02. The summed E-state index contributed by atoms with van der Waals surface area (Å²) in [5.74, 6) is 2.23. The lowest BCUT2D eigenvalue weighted by molar-refractivity contribution is -0.117. The number of methoxy groups -OCH3 is 1. The third-order valence-corrected chi connectivity index (χ3v) is 5.49. The van der Waals surface area contributed by atoms with Crippen molar-refractivity contribution in [3.8, 4) is 5.75 Å². The Morgan fingerprint density at radius 2 is 2.04 bits per heavy atom. The van der Waals surface area contributed by atoms with Gasteiger partial charge in [-0.15, -0.1) is 0 Å². The number of fused-ring (bicyclic) bond motifs is 1. The van der Waals surface area contributed by atoms with Gasteiger partial charge in [0.1, 0.15) is 11.6 Å². The fourth-order valence-corrected chi connectivity index (χ4v) is 4.12. The average Bonchev–Trinajstić information content (AvgIpc) is 3.23. The second-order valence-corrected chi connectivity index (χ2v) is 8.09. The Bertz CT molecular complexity index is 1030. The lowest BCUT2D eigenvalue weighted by atomic mass is 10.1. The first kappa shape index (κ1) is 18.8. The highest BCUT2D eigenvalue weighted by Gasteiger charge is 2.35. The van der Waals surface area contributed by atoms with E-state index in [1.54, 1.807) is 24.1 Å². The van der Waals surface area contributed by atoms with Crippen LogP contribution >= 0.6 is 11.6 Å². The molecule has 0 aliphatic carbocycles. The summed E-state index contributed by atoms with van der Waals surface area (Å²) in [6.45, 7) is 5.83. The number of benzene rings is 2. The fourth-order valence-electron chi connectivity index (χ4n) is 3.90. The Hall–Kier alpha value is -2.53. The number of amides is 1. The molecule has 1 aliphatic heterocycles. The first-order chi connectivity index (χ1) is 13.5. The van der Waals surface area contributed by atoms with Crippen molar-refractivity contribution in [1.82, 2.24) is 9.55 Å². The molecule has 28 heavy (non-hydrogen) atoms. The lowest BCUT2D eigenvalue weighted by Gasteiger charge is -2.19. The van der Waals surface area contributed by atoms with Gasteiger partial charge in [0, 0.05) is 31.5 Å². The van der Waals surface area contributed by atoms with Gasteiger partial charge >= 0.3 is 0 Å². The van der Waals surface area contributed by atoms with Crippen molar-refractivity contribution in [2.45, 2.75) is 32.7 Å². The molecular weight excluding hydrogens is 374 g/mol. The monoisotopic (exact) mass is 397 g/mol. The molecule has 0 saturated carbocycles. The van der Waals surface area contributed by atoms with Crippen molar-refractivity contribution in [2.75, 3.05) is 18.6 Å². The van der Waals surface area contributed by atoms with Crippen LogP contribution in [-0.4, -0.2) is 29.1 Å². The minimum Gasteiger partial charge on any atom is -0.497 e. The second-order valence-electron chi connectivity index (χ2n) is 7.69. The van der Waals surface area contributed by atoms with E-state index >= 15 is 0 Å². The molecule has 2 aromatic carbocycles. The number of rotatable bonds is 5. The predicted molar refractivity (Wildman–Crippen MR) is 112 cm³/mol. The summed E-state index contributed by atoms with van der Waals surface area (Å²) in [5.41, 5.74) is 2.79. The molecule has 1 atom stereocenters. The maximum Gasteiger partial charge on any atom is 0.227 e. The molecule has 3 aromatic rings. The molecule has 0 N–H and O–H groups in total. The molecule has 0 bridgehead atoms. The van der Waals surface area contributed by atoms with E-state index in [1.807, 2.05) is 24.3 Å². The van der Waals surface area contributed by atoms with E-state index < -0.39 is 0 Å². The van der Waals surface area contributed by atoms with E-state index in [2.05, 4.69) is 24.5 Å². The third kappa shape index (κ3) is 3.35. The van der Waals surface area contributed by atoms with Gasteiger partial charge in [-0.2, -0.15) is 0 Å². The van der Waals surface area contributed by atoms with Gasteiger partial charge in [0.25, 0.3) is 0 Å². The molecule has 6 heteroatoms. The van der Waals surface area contributed by atoms with E-state index in [0.717, 1.165) is 23.4 Å². The van der Waals surface area contributed by atoms with Gasteiger partial charge in [-0.1, -0.05) is 37.6 Å². The number of hydrogen-bond acceptors (Lipinski definition) is 3. The highest BCUT2D eigenvalue weighted by Crippen LogP contribution is 2.37. The van der Waals surface area contributed by atoms with Crippen molar-refractivity contribution in [3.05, 3.63) is 53.3 Å². The zero-order chi connectivity index (χ0) is 19.8. The van der Waals surface area contributed by atoms with E-state index in [4.69, 9.17) is 21.3 Å². The number of hydrogen-bond donors (Lipinski definition) is 0. The van der Waals surface area contributed by atoms with E-state index in [0.29, 0.717) is 35.3 Å². The van der Waals surface area contributed by atoms with Crippen molar-refractivity contribution in [2.24, 2.45) is 5.92 Å². The van der Waals surface area contributed by atoms with Crippen LogP contribution in [0.4, 0.5) is 5.69 Å². The number of carbonyl (C=O) groups excluding carboxylic acids is 1. The summed E-state index contributed by atoms with van der Waals surface area (Å²) in [7, 11) is 1.61. The summed E-state index contributed by atoms with van der Waals surface area (Å²) in [5, 5.41) is 0.547. The SMILES string of the molecule is COc1ccc(Cl)c(N2CC(c3nc4ccccc4n3CC(C)C)CC2=O)c1. The highest BCUT2D eigenvalue weighted by molar-refractivity contribution is 6.34. The van der Waals surface area contributed by atoms with Crippen LogP contribution in [-0.2, 0) is 11.3 Å². The molecule has 2 heterocycles. The molecule has 1 unspecified atom stereocenters. The molecule has 1 aliphatic rings. The molecule has 1 fully saturated rings. The Morgan fingerprint density at radius 3 is 2.79 bits per heavy atom. The van der Waals surface area contributed by atoms with Gasteiger partial charge in [-0.05, 0) is 30.2 Å². The molecule has 4 rings (SSSR count). The molecule has 146 valence electrons. The predicted octanol–water partition coefficient (Wildman–Crippen LogP) is 4.87. The normalized spacial score (nSPS) is 17.1. The maximum atomic E-state index is 12.8. The number of nitrogens with zero attached hydrogens (tertiary/aromatic N) is 3. The van der Waals surface area contributed by atoms with Crippen LogP contribution in [0.1, 0.15) is 32.0 Å². The molecule has 0 radical (unpaired) electrons. The highest BCUT2D eigenvalue weighted by atomic mass is 35.5. The number of halogens is 1. The first-order valence-corrected chi connectivity index (χ1v) is 9.94. The van der Waals surface area contributed by atoms with Crippen LogP contribution < -0.4 is 9.64 Å². The van der Waals surface area contributed by atoms with Crippen molar-refractivity contribution in [1.29, 1.82) is 0 Å². The topological polar surface area (TPSA) is 47.4 Å². The summed E-state index contributed by atoms with van der Waals surface area (Å²) < 4.78 is 7.58. The molecule has 1 amide bonds. The van der Waals surface area contributed by atoms with E-state index in [1.165, 1.54) is 0 Å². The summed E-state index contributed by atoms with van der Waals surface area (Å²) in [6, 6.07) is 13.6. The van der Waals surface area contributed by atoms with Crippen LogP contribution in [0.25, 0.3) is 11.0 Å².